The lowest BCUT2D eigenvalue weighted by Crippen LogP contribution is -2.36. The summed E-state index contributed by atoms with van der Waals surface area (Å²) in [5, 5.41) is 9.60. The molecule has 21 heavy (non-hydrogen) atoms. The van der Waals surface area contributed by atoms with Crippen LogP contribution in [0.2, 0.25) is 0 Å². The van der Waals surface area contributed by atoms with E-state index in [0.717, 1.165) is 15.7 Å². The van der Waals surface area contributed by atoms with Crippen LogP contribution in [0.1, 0.15) is 5.56 Å². The summed E-state index contributed by atoms with van der Waals surface area (Å²) in [5.41, 5.74) is 2.17. The summed E-state index contributed by atoms with van der Waals surface area (Å²) >= 11 is 3.55. The van der Waals surface area contributed by atoms with Crippen LogP contribution in [-0.4, -0.2) is 12.6 Å². The number of hydrogen-bond donors (Lipinski definition) is 0. The molecule has 2 aromatic carbocycles. The zero-order valence-corrected chi connectivity index (χ0v) is 13.3. The normalized spacial score (nSPS) is 11.4. The van der Waals surface area contributed by atoms with Gasteiger partial charge in [0.25, 0.3) is 0 Å². The van der Waals surface area contributed by atoms with Crippen molar-refractivity contribution in [1.82, 2.24) is 0 Å². The molecular weight excluding hydrogens is 324 g/mol. The Morgan fingerprint density at radius 2 is 1.81 bits per heavy atom. The third-order valence-corrected chi connectivity index (χ3v) is 4.08. The average Bonchev–Trinajstić information content (AvgIpc) is 2.53. The highest BCUT2D eigenvalue weighted by molar-refractivity contribution is 9.10. The van der Waals surface area contributed by atoms with E-state index < -0.39 is 0 Å². The summed E-state index contributed by atoms with van der Waals surface area (Å²) in [4.78, 5) is 2.08. The minimum absolute atomic E-state index is 0.232. The standard InChI is InChI=1S/C18H17BrN2/c1-2-12-21(16-9-4-3-5-10-16)17(14-20)13-15-8-6-7-11-18(15)19/h2-11,17H,1,12-13H2. The second kappa shape index (κ2) is 7.66. The van der Waals surface area contributed by atoms with Crippen LogP contribution in [0.3, 0.4) is 0 Å². The van der Waals surface area contributed by atoms with Crippen molar-refractivity contribution in [2.24, 2.45) is 0 Å². The summed E-state index contributed by atoms with van der Waals surface area (Å²) < 4.78 is 1.04. The van der Waals surface area contributed by atoms with E-state index in [1.807, 2.05) is 60.7 Å². The van der Waals surface area contributed by atoms with Crippen LogP contribution < -0.4 is 4.90 Å². The van der Waals surface area contributed by atoms with Crippen LogP contribution in [0.15, 0.2) is 71.7 Å². The molecule has 2 aromatic rings. The minimum atomic E-state index is -0.232. The van der Waals surface area contributed by atoms with E-state index in [-0.39, 0.29) is 6.04 Å². The smallest absolute Gasteiger partial charge is 0.121 e. The Hall–Kier alpha value is -2.05. The number of rotatable bonds is 6. The van der Waals surface area contributed by atoms with Gasteiger partial charge in [0.1, 0.15) is 6.04 Å². The fourth-order valence-electron chi connectivity index (χ4n) is 2.27. The van der Waals surface area contributed by atoms with Gasteiger partial charge in [0.05, 0.1) is 6.07 Å². The first kappa shape index (κ1) is 15.3. The fourth-order valence-corrected chi connectivity index (χ4v) is 2.72. The van der Waals surface area contributed by atoms with Crippen molar-refractivity contribution in [1.29, 1.82) is 5.26 Å². The molecule has 0 aliphatic heterocycles. The van der Waals surface area contributed by atoms with Crippen LogP contribution in [0, 0.1) is 11.3 Å². The molecule has 0 radical (unpaired) electrons. The van der Waals surface area contributed by atoms with E-state index in [1.165, 1.54) is 0 Å². The maximum absolute atomic E-state index is 9.60. The molecule has 0 amide bonds. The van der Waals surface area contributed by atoms with Crippen molar-refractivity contribution in [2.45, 2.75) is 12.5 Å². The lowest BCUT2D eigenvalue weighted by molar-refractivity contribution is 0.724. The van der Waals surface area contributed by atoms with Gasteiger partial charge < -0.3 is 4.90 Å². The van der Waals surface area contributed by atoms with Crippen LogP contribution in [0.5, 0.6) is 0 Å². The van der Waals surface area contributed by atoms with Crippen molar-refractivity contribution in [3.63, 3.8) is 0 Å². The molecule has 1 atom stereocenters. The van der Waals surface area contributed by atoms with Crippen molar-refractivity contribution in [3.05, 3.63) is 77.3 Å². The van der Waals surface area contributed by atoms with Gasteiger partial charge in [-0.2, -0.15) is 5.26 Å². The number of para-hydroxylation sites is 1. The van der Waals surface area contributed by atoms with Gasteiger partial charge in [-0.05, 0) is 23.8 Å². The number of nitriles is 1. The minimum Gasteiger partial charge on any atom is -0.352 e. The highest BCUT2D eigenvalue weighted by atomic mass is 79.9. The molecule has 0 aromatic heterocycles. The summed E-state index contributed by atoms with van der Waals surface area (Å²) in [6.45, 7) is 4.45. The van der Waals surface area contributed by atoms with Gasteiger partial charge >= 0.3 is 0 Å². The second-order valence-electron chi connectivity index (χ2n) is 4.72. The van der Waals surface area contributed by atoms with Crippen molar-refractivity contribution in [3.8, 4) is 6.07 Å². The molecule has 0 saturated heterocycles. The molecule has 106 valence electrons. The summed E-state index contributed by atoms with van der Waals surface area (Å²) in [6.07, 6.45) is 2.50. The lowest BCUT2D eigenvalue weighted by atomic mass is 10.0. The molecule has 0 bridgehead atoms. The predicted octanol–water partition coefficient (Wildman–Crippen LogP) is 4.58. The van der Waals surface area contributed by atoms with Crippen molar-refractivity contribution in [2.75, 3.05) is 11.4 Å². The van der Waals surface area contributed by atoms with Gasteiger partial charge in [-0.3, -0.25) is 0 Å². The Morgan fingerprint density at radius 1 is 1.14 bits per heavy atom. The van der Waals surface area contributed by atoms with E-state index >= 15 is 0 Å². The summed E-state index contributed by atoms with van der Waals surface area (Å²) in [6, 6.07) is 20.2. The number of anilines is 1. The molecule has 0 heterocycles. The van der Waals surface area contributed by atoms with Gasteiger partial charge in [-0.15, -0.1) is 6.58 Å². The first-order valence-corrected chi connectivity index (χ1v) is 7.61. The van der Waals surface area contributed by atoms with Crippen LogP contribution in [0.4, 0.5) is 5.69 Å². The second-order valence-corrected chi connectivity index (χ2v) is 5.57. The Balaban J connectivity index is 2.27. The van der Waals surface area contributed by atoms with Crippen LogP contribution in [0.25, 0.3) is 0 Å². The van der Waals surface area contributed by atoms with Crippen LogP contribution >= 0.6 is 15.9 Å². The van der Waals surface area contributed by atoms with E-state index in [9.17, 15) is 5.26 Å². The average molecular weight is 341 g/mol. The van der Waals surface area contributed by atoms with Gasteiger partial charge in [-0.25, -0.2) is 0 Å². The molecule has 0 fully saturated rings. The maximum Gasteiger partial charge on any atom is 0.121 e. The SMILES string of the molecule is C=CCN(c1ccccc1)C(C#N)Cc1ccccc1Br. The van der Waals surface area contributed by atoms with E-state index in [1.54, 1.807) is 0 Å². The third kappa shape index (κ3) is 3.96. The topological polar surface area (TPSA) is 27.0 Å². The van der Waals surface area contributed by atoms with E-state index in [2.05, 4.69) is 33.5 Å². The van der Waals surface area contributed by atoms with Gasteiger partial charge in [0, 0.05) is 23.1 Å². The monoisotopic (exact) mass is 340 g/mol. The van der Waals surface area contributed by atoms with Crippen molar-refractivity contribution < 1.29 is 0 Å². The largest absolute Gasteiger partial charge is 0.352 e. The number of benzene rings is 2. The molecular formula is C18H17BrN2. The summed E-state index contributed by atoms with van der Waals surface area (Å²) in [5.74, 6) is 0. The Kier molecular flexibility index (Phi) is 5.59. The maximum atomic E-state index is 9.60. The predicted molar refractivity (Wildman–Crippen MR) is 91.2 cm³/mol. The van der Waals surface area contributed by atoms with Gasteiger partial charge in [0.15, 0.2) is 0 Å². The fraction of sp³-hybridized carbons (Fsp3) is 0.167. The van der Waals surface area contributed by atoms with Crippen molar-refractivity contribution >= 4 is 21.6 Å². The third-order valence-electron chi connectivity index (χ3n) is 3.31. The molecule has 0 N–H and O–H groups in total. The Bertz CT molecular complexity index is 631. The molecule has 1 unspecified atom stereocenters. The van der Waals surface area contributed by atoms with Gasteiger partial charge in [0.2, 0.25) is 0 Å². The number of halogens is 1. The molecule has 0 spiro atoms. The number of nitrogens with zero attached hydrogens (tertiary/aromatic N) is 2. The molecule has 2 nitrogen and oxygen atoms in total. The van der Waals surface area contributed by atoms with Crippen LogP contribution in [-0.2, 0) is 6.42 Å². The summed E-state index contributed by atoms with van der Waals surface area (Å²) in [7, 11) is 0. The quantitative estimate of drug-likeness (QED) is 0.720. The van der Waals surface area contributed by atoms with Gasteiger partial charge in [-0.1, -0.05) is 58.4 Å². The Morgan fingerprint density at radius 3 is 2.43 bits per heavy atom. The molecule has 3 heteroatoms. The Labute approximate surface area is 134 Å². The first-order chi connectivity index (χ1) is 10.3. The zero-order valence-electron chi connectivity index (χ0n) is 11.7. The lowest BCUT2D eigenvalue weighted by Gasteiger charge is -2.28. The molecule has 0 aliphatic rings. The highest BCUT2D eigenvalue weighted by Crippen LogP contribution is 2.22. The highest BCUT2D eigenvalue weighted by Gasteiger charge is 2.18. The number of hydrogen-bond acceptors (Lipinski definition) is 2. The molecule has 0 aliphatic carbocycles. The van der Waals surface area contributed by atoms with E-state index in [4.69, 9.17) is 0 Å². The molecule has 0 saturated carbocycles. The first-order valence-electron chi connectivity index (χ1n) is 6.82. The van der Waals surface area contributed by atoms with E-state index in [0.29, 0.717) is 13.0 Å². The zero-order chi connectivity index (χ0) is 15.1. The molecule has 2 rings (SSSR count).